The van der Waals surface area contributed by atoms with E-state index in [1.165, 1.54) is 0 Å². The van der Waals surface area contributed by atoms with Gasteiger partial charge in [-0.2, -0.15) is 0 Å². The molecule has 2 fully saturated rings. The Labute approximate surface area is 157 Å². The van der Waals surface area contributed by atoms with Crippen LogP contribution in [0.3, 0.4) is 0 Å². The second-order valence-electron chi connectivity index (χ2n) is 7.78. The first-order valence-electron chi connectivity index (χ1n) is 9.73. The van der Waals surface area contributed by atoms with Crippen LogP contribution >= 0.6 is 0 Å². The van der Waals surface area contributed by atoms with Crippen LogP contribution in [0.25, 0.3) is 0 Å². The van der Waals surface area contributed by atoms with Crippen LogP contribution < -0.4 is 5.73 Å². The zero-order chi connectivity index (χ0) is 19.6. The highest BCUT2D eigenvalue weighted by Crippen LogP contribution is 2.36. The Kier molecular flexibility index (Phi) is 6.42. The number of benzene rings is 1. The molecule has 0 spiro atoms. The van der Waals surface area contributed by atoms with Gasteiger partial charge in [0.1, 0.15) is 17.9 Å². The van der Waals surface area contributed by atoms with E-state index >= 15 is 0 Å². The van der Waals surface area contributed by atoms with Crippen molar-refractivity contribution < 1.29 is 28.4 Å². The van der Waals surface area contributed by atoms with Crippen LogP contribution in [0.15, 0.2) is 12.1 Å². The first kappa shape index (κ1) is 20.1. The van der Waals surface area contributed by atoms with Gasteiger partial charge in [0.2, 0.25) is 5.91 Å². The van der Waals surface area contributed by atoms with E-state index < -0.39 is 17.5 Å². The van der Waals surface area contributed by atoms with E-state index in [1.807, 2.05) is 4.90 Å². The van der Waals surface area contributed by atoms with E-state index in [0.717, 1.165) is 25.5 Å². The quantitative estimate of drug-likeness (QED) is 0.811. The molecule has 2 aliphatic rings. The number of halogens is 3. The van der Waals surface area contributed by atoms with Crippen LogP contribution in [0.2, 0.25) is 0 Å². The van der Waals surface area contributed by atoms with Gasteiger partial charge in [-0.1, -0.05) is 0 Å². The molecule has 3 rings (SSSR count). The van der Waals surface area contributed by atoms with Gasteiger partial charge in [0.05, 0.1) is 12.7 Å². The summed E-state index contributed by atoms with van der Waals surface area (Å²) < 4.78 is 47.0. The van der Waals surface area contributed by atoms with Crippen molar-refractivity contribution >= 4 is 5.91 Å². The summed E-state index contributed by atoms with van der Waals surface area (Å²) >= 11 is 0. The second-order valence-corrected chi connectivity index (χ2v) is 7.78. The maximum Gasteiger partial charge on any atom is 0.219 e. The van der Waals surface area contributed by atoms with E-state index in [9.17, 15) is 18.0 Å². The van der Waals surface area contributed by atoms with Crippen LogP contribution in [-0.4, -0.2) is 42.1 Å². The van der Waals surface area contributed by atoms with Crippen molar-refractivity contribution in [2.24, 2.45) is 0 Å². The van der Waals surface area contributed by atoms with Crippen molar-refractivity contribution in [3.8, 4) is 0 Å². The summed E-state index contributed by atoms with van der Waals surface area (Å²) in [4.78, 5) is 13.7. The molecule has 27 heavy (non-hydrogen) atoms. The molecule has 4 nitrogen and oxygen atoms in total. The van der Waals surface area contributed by atoms with Crippen LogP contribution in [0, 0.1) is 17.5 Å². The summed E-state index contributed by atoms with van der Waals surface area (Å²) in [6, 6.07) is 1.82. The number of quaternary nitrogens is 1. The number of hydrogen-bond donors (Lipinski definition) is 1. The van der Waals surface area contributed by atoms with Crippen LogP contribution in [0.1, 0.15) is 56.9 Å². The monoisotopic (exact) mass is 385 g/mol. The lowest BCUT2D eigenvalue weighted by Crippen LogP contribution is -2.73. The normalized spacial score (nSPS) is 29.0. The molecule has 2 atom stereocenters. The van der Waals surface area contributed by atoms with E-state index in [0.29, 0.717) is 38.4 Å². The molecule has 1 aromatic rings. The average molecular weight is 385 g/mol. The van der Waals surface area contributed by atoms with Gasteiger partial charge in [-0.05, 0) is 49.7 Å². The predicted molar refractivity (Wildman–Crippen MR) is 94.4 cm³/mol. The highest BCUT2D eigenvalue weighted by atomic mass is 19.2. The largest absolute Gasteiger partial charge is 0.376 e. The zero-order valence-corrected chi connectivity index (χ0v) is 15.7. The molecule has 1 amide bonds. The number of ether oxygens (including phenoxy) is 1. The highest BCUT2D eigenvalue weighted by molar-refractivity contribution is 5.73. The number of carbonyl (C=O) groups is 1. The molecular weight excluding hydrogens is 357 g/mol. The number of piperidine rings is 1. The maximum absolute atomic E-state index is 14.0. The van der Waals surface area contributed by atoms with Gasteiger partial charge in [-0.25, -0.2) is 13.2 Å². The Bertz CT molecular complexity index is 677. The molecule has 0 bridgehead atoms. The average Bonchev–Trinajstić information content (AvgIpc) is 2.64. The lowest BCUT2D eigenvalue weighted by molar-refractivity contribution is -0.438. The molecule has 1 aliphatic carbocycles. The fourth-order valence-corrected chi connectivity index (χ4v) is 4.40. The minimum absolute atomic E-state index is 0.0104. The Hall–Kier alpha value is -1.60. The molecule has 1 aromatic carbocycles. The molecule has 1 aliphatic heterocycles. The van der Waals surface area contributed by atoms with Gasteiger partial charge in [-0.15, -0.1) is 0 Å². The fraction of sp³-hybridized carbons (Fsp3) is 0.650. The molecule has 150 valence electrons. The molecule has 2 unspecified atom stereocenters. The maximum atomic E-state index is 14.0. The van der Waals surface area contributed by atoms with Crippen molar-refractivity contribution in [3.05, 3.63) is 35.1 Å². The predicted octanol–water partition coefficient (Wildman–Crippen LogP) is 2.77. The third kappa shape index (κ3) is 4.63. The smallest absolute Gasteiger partial charge is 0.219 e. The molecular formula is C20H28F3N2O2+. The standard InChI is InChI=1S/C20H27F3N2O2/c1-12(26)25-8-2-3-18(24)19(25)11-27-15-6-4-13(5-7-15)16-9-14(21)10-17(22)20(16)23/h9-10,13,15,18-19H,2-8,11,24H2,1H3/p+1. The van der Waals surface area contributed by atoms with Crippen LogP contribution in [0.4, 0.5) is 13.2 Å². The van der Waals surface area contributed by atoms with Crippen LogP contribution in [0.5, 0.6) is 0 Å². The topological polar surface area (TPSA) is 57.2 Å². The van der Waals surface area contributed by atoms with Gasteiger partial charge in [0.25, 0.3) is 0 Å². The number of nitrogens with zero attached hydrogens (tertiary/aromatic N) is 1. The summed E-state index contributed by atoms with van der Waals surface area (Å²) in [5, 5.41) is 0. The van der Waals surface area contributed by atoms with E-state index in [4.69, 9.17) is 4.74 Å². The van der Waals surface area contributed by atoms with Crippen molar-refractivity contribution in [2.75, 3.05) is 13.2 Å². The number of amides is 1. The van der Waals surface area contributed by atoms with Gasteiger partial charge >= 0.3 is 0 Å². The molecule has 3 N–H and O–H groups in total. The Morgan fingerprint density at radius 2 is 1.89 bits per heavy atom. The van der Waals surface area contributed by atoms with Crippen molar-refractivity contribution in [2.45, 2.75) is 69.6 Å². The first-order valence-corrected chi connectivity index (χ1v) is 9.73. The third-order valence-corrected chi connectivity index (χ3v) is 5.96. The van der Waals surface area contributed by atoms with Crippen molar-refractivity contribution in [1.82, 2.24) is 4.90 Å². The summed E-state index contributed by atoms with van der Waals surface area (Å²) in [5.41, 5.74) is 4.29. The summed E-state index contributed by atoms with van der Waals surface area (Å²) in [7, 11) is 0. The van der Waals surface area contributed by atoms with E-state index in [-0.39, 0.29) is 35.6 Å². The fourth-order valence-electron chi connectivity index (χ4n) is 4.40. The van der Waals surface area contributed by atoms with Crippen molar-refractivity contribution in [1.29, 1.82) is 0 Å². The van der Waals surface area contributed by atoms with Crippen LogP contribution in [-0.2, 0) is 9.53 Å². The summed E-state index contributed by atoms with van der Waals surface area (Å²) in [6.07, 6.45) is 4.62. The van der Waals surface area contributed by atoms with E-state index in [2.05, 4.69) is 5.73 Å². The van der Waals surface area contributed by atoms with Crippen molar-refractivity contribution in [3.63, 3.8) is 0 Å². The SMILES string of the molecule is CC(=O)N1CCCC([NH3+])C1COC1CCC(c2cc(F)cc(F)c2F)CC1. The molecule has 1 saturated heterocycles. The molecule has 1 saturated carbocycles. The minimum Gasteiger partial charge on any atom is -0.376 e. The zero-order valence-electron chi connectivity index (χ0n) is 15.7. The second kappa shape index (κ2) is 8.61. The van der Waals surface area contributed by atoms with Gasteiger partial charge in [0, 0.05) is 26.0 Å². The number of carbonyl (C=O) groups excluding carboxylic acids is 1. The van der Waals surface area contributed by atoms with Gasteiger partial charge in [-0.3, -0.25) is 4.79 Å². The number of rotatable bonds is 4. The summed E-state index contributed by atoms with van der Waals surface area (Å²) in [5.74, 6) is -2.97. The van der Waals surface area contributed by atoms with Gasteiger partial charge in [0.15, 0.2) is 11.6 Å². The number of hydrogen-bond acceptors (Lipinski definition) is 2. The lowest BCUT2D eigenvalue weighted by atomic mass is 9.82. The Balaban J connectivity index is 1.55. The van der Waals surface area contributed by atoms with E-state index in [1.54, 1.807) is 6.92 Å². The Morgan fingerprint density at radius 3 is 2.56 bits per heavy atom. The summed E-state index contributed by atoms with van der Waals surface area (Å²) in [6.45, 7) is 2.77. The lowest BCUT2D eigenvalue weighted by Gasteiger charge is -2.38. The minimum atomic E-state index is -1.13. The number of likely N-dealkylation sites (tertiary alicyclic amines) is 1. The third-order valence-electron chi connectivity index (χ3n) is 5.96. The molecule has 0 aromatic heterocycles. The molecule has 1 heterocycles. The van der Waals surface area contributed by atoms with Gasteiger partial charge < -0.3 is 15.4 Å². The highest BCUT2D eigenvalue weighted by Gasteiger charge is 2.34. The molecule has 7 heteroatoms. The first-order chi connectivity index (χ1) is 12.9. The Morgan fingerprint density at radius 1 is 1.19 bits per heavy atom. The molecule has 0 radical (unpaired) electrons.